The van der Waals surface area contributed by atoms with Crippen LogP contribution in [0.3, 0.4) is 0 Å². The van der Waals surface area contributed by atoms with Crippen LogP contribution in [0.5, 0.6) is 0 Å². The molecule has 0 aromatic heterocycles. The first-order chi connectivity index (χ1) is 9.56. The quantitative estimate of drug-likeness (QED) is 0.888. The molecule has 0 aliphatic carbocycles. The van der Waals surface area contributed by atoms with Crippen LogP contribution < -0.4 is 5.32 Å². The molecule has 1 aliphatic heterocycles. The molecule has 20 heavy (non-hydrogen) atoms. The summed E-state index contributed by atoms with van der Waals surface area (Å²) in [6.45, 7) is 10.9. The second kappa shape index (κ2) is 7.19. The smallest absolute Gasteiger partial charge is 0.123 e. The van der Waals surface area contributed by atoms with Gasteiger partial charge >= 0.3 is 0 Å². The highest BCUT2D eigenvalue weighted by Gasteiger charge is 2.19. The van der Waals surface area contributed by atoms with E-state index in [0.29, 0.717) is 6.04 Å². The summed E-state index contributed by atoms with van der Waals surface area (Å²) in [5, 5.41) is 3.42. The summed E-state index contributed by atoms with van der Waals surface area (Å²) in [7, 11) is 0. The highest BCUT2D eigenvalue weighted by atomic mass is 19.1. The van der Waals surface area contributed by atoms with Crippen molar-refractivity contribution in [3.05, 3.63) is 35.1 Å². The molecule has 3 heteroatoms. The van der Waals surface area contributed by atoms with Crippen LogP contribution in [0.4, 0.5) is 4.39 Å². The zero-order chi connectivity index (χ0) is 14.5. The first-order valence-corrected chi connectivity index (χ1v) is 7.76. The Kier molecular flexibility index (Phi) is 5.55. The Morgan fingerprint density at radius 2 is 2.00 bits per heavy atom. The predicted molar refractivity (Wildman–Crippen MR) is 82.3 cm³/mol. The van der Waals surface area contributed by atoms with Gasteiger partial charge in [-0.3, -0.25) is 4.90 Å². The summed E-state index contributed by atoms with van der Waals surface area (Å²) >= 11 is 0. The van der Waals surface area contributed by atoms with E-state index in [1.165, 1.54) is 18.4 Å². The number of nitrogens with one attached hydrogen (secondary N) is 1. The maximum atomic E-state index is 13.2. The van der Waals surface area contributed by atoms with Gasteiger partial charge in [0.2, 0.25) is 0 Å². The molecule has 0 bridgehead atoms. The lowest BCUT2D eigenvalue weighted by Gasteiger charge is -2.33. The molecule has 0 radical (unpaired) electrons. The van der Waals surface area contributed by atoms with E-state index < -0.39 is 0 Å². The maximum absolute atomic E-state index is 13.2. The molecular formula is C17H27FN2. The highest BCUT2D eigenvalue weighted by Crippen LogP contribution is 2.19. The molecule has 0 saturated carbocycles. The molecule has 1 aromatic carbocycles. The van der Waals surface area contributed by atoms with E-state index in [-0.39, 0.29) is 5.82 Å². The van der Waals surface area contributed by atoms with E-state index in [0.717, 1.165) is 37.7 Å². The lowest BCUT2D eigenvalue weighted by molar-refractivity contribution is 0.161. The summed E-state index contributed by atoms with van der Waals surface area (Å²) in [5.41, 5.74) is 2.30. The van der Waals surface area contributed by atoms with Crippen LogP contribution in [-0.2, 0) is 6.54 Å². The number of aryl methyl sites for hydroxylation is 1. The molecule has 0 amide bonds. The molecule has 1 heterocycles. The minimum atomic E-state index is -0.138. The average Bonchev–Trinajstić information content (AvgIpc) is 2.42. The van der Waals surface area contributed by atoms with Gasteiger partial charge in [-0.15, -0.1) is 0 Å². The summed E-state index contributed by atoms with van der Waals surface area (Å²) < 4.78 is 13.2. The largest absolute Gasteiger partial charge is 0.317 e. The van der Waals surface area contributed by atoms with Gasteiger partial charge in [-0.25, -0.2) is 4.39 Å². The van der Waals surface area contributed by atoms with E-state index in [9.17, 15) is 4.39 Å². The summed E-state index contributed by atoms with van der Waals surface area (Å²) in [6.07, 6.45) is 2.54. The molecule has 0 unspecified atom stereocenters. The maximum Gasteiger partial charge on any atom is 0.123 e. The van der Waals surface area contributed by atoms with Crippen molar-refractivity contribution in [3.63, 3.8) is 0 Å². The van der Waals surface area contributed by atoms with Crippen molar-refractivity contribution in [1.29, 1.82) is 0 Å². The first kappa shape index (κ1) is 15.5. The molecule has 1 aromatic rings. The normalized spacial score (nSPS) is 17.1. The molecular weight excluding hydrogens is 251 g/mol. The number of benzene rings is 1. The Hall–Kier alpha value is -0.930. The number of hydrogen-bond acceptors (Lipinski definition) is 2. The predicted octanol–water partition coefficient (Wildman–Crippen LogP) is 3.34. The second-order valence-electron chi connectivity index (χ2n) is 6.29. The molecule has 112 valence electrons. The number of hydrogen-bond donors (Lipinski definition) is 1. The summed E-state index contributed by atoms with van der Waals surface area (Å²) in [5.74, 6) is 0.653. The Bertz CT molecular complexity index is 425. The number of nitrogens with zero attached hydrogens (tertiary/aromatic N) is 1. The zero-order valence-electron chi connectivity index (χ0n) is 13.0. The van der Waals surface area contributed by atoms with Crippen LogP contribution in [0.1, 0.15) is 37.8 Å². The van der Waals surface area contributed by atoms with Gasteiger partial charge in [0.1, 0.15) is 5.82 Å². The van der Waals surface area contributed by atoms with Crippen molar-refractivity contribution in [3.8, 4) is 0 Å². The van der Waals surface area contributed by atoms with E-state index in [4.69, 9.17) is 0 Å². The van der Waals surface area contributed by atoms with Gasteiger partial charge in [0.05, 0.1) is 0 Å². The fourth-order valence-electron chi connectivity index (χ4n) is 2.91. The molecule has 2 nitrogen and oxygen atoms in total. The van der Waals surface area contributed by atoms with Gasteiger partial charge in [0.25, 0.3) is 0 Å². The molecule has 1 fully saturated rings. The van der Waals surface area contributed by atoms with Crippen LogP contribution in [-0.4, -0.2) is 30.6 Å². The van der Waals surface area contributed by atoms with Crippen LogP contribution in [0.2, 0.25) is 0 Å². The lowest BCUT2D eigenvalue weighted by atomic mass is 9.96. The summed E-state index contributed by atoms with van der Waals surface area (Å²) in [6, 6.07) is 5.67. The van der Waals surface area contributed by atoms with Crippen LogP contribution in [0.25, 0.3) is 0 Å². The van der Waals surface area contributed by atoms with Crippen LogP contribution in [0.15, 0.2) is 18.2 Å². The van der Waals surface area contributed by atoms with Gasteiger partial charge < -0.3 is 5.32 Å². The van der Waals surface area contributed by atoms with E-state index in [1.54, 1.807) is 12.1 Å². The molecule has 0 spiro atoms. The third kappa shape index (κ3) is 4.29. The third-order valence-electron chi connectivity index (χ3n) is 4.36. The first-order valence-electron chi connectivity index (χ1n) is 7.76. The van der Waals surface area contributed by atoms with E-state index >= 15 is 0 Å². The minimum absolute atomic E-state index is 0.138. The minimum Gasteiger partial charge on any atom is -0.317 e. The average molecular weight is 278 g/mol. The van der Waals surface area contributed by atoms with Gasteiger partial charge in [0.15, 0.2) is 0 Å². The van der Waals surface area contributed by atoms with Gasteiger partial charge in [0, 0.05) is 19.1 Å². The molecule has 1 saturated heterocycles. The van der Waals surface area contributed by atoms with E-state index in [2.05, 4.69) is 24.1 Å². The number of piperidine rings is 1. The Morgan fingerprint density at radius 1 is 1.30 bits per heavy atom. The number of rotatable bonds is 5. The summed E-state index contributed by atoms with van der Waals surface area (Å²) in [4.78, 5) is 2.52. The van der Waals surface area contributed by atoms with Gasteiger partial charge in [-0.05, 0) is 75.9 Å². The lowest BCUT2D eigenvalue weighted by Crippen LogP contribution is -2.39. The SMILES string of the molecule is Cc1cc(F)ccc1CN(CC1CCNCC1)C(C)C. The Labute approximate surface area is 122 Å². The Morgan fingerprint density at radius 3 is 2.60 bits per heavy atom. The molecule has 1 N–H and O–H groups in total. The molecule has 0 atom stereocenters. The highest BCUT2D eigenvalue weighted by molar-refractivity contribution is 5.26. The standard InChI is InChI=1S/C17H27FN2/c1-13(2)20(11-15-6-8-19-9-7-15)12-16-4-5-17(18)10-14(16)3/h4-5,10,13,15,19H,6-9,11-12H2,1-3H3. The van der Waals surface area contributed by atoms with Crippen molar-refractivity contribution in [2.75, 3.05) is 19.6 Å². The van der Waals surface area contributed by atoms with Gasteiger partial charge in [-0.2, -0.15) is 0 Å². The fraction of sp³-hybridized carbons (Fsp3) is 0.647. The van der Waals surface area contributed by atoms with Crippen LogP contribution >= 0.6 is 0 Å². The van der Waals surface area contributed by atoms with E-state index in [1.807, 2.05) is 13.0 Å². The topological polar surface area (TPSA) is 15.3 Å². The molecule has 1 aliphatic rings. The van der Waals surface area contributed by atoms with Crippen molar-refractivity contribution in [1.82, 2.24) is 10.2 Å². The van der Waals surface area contributed by atoms with Crippen molar-refractivity contribution in [2.45, 2.75) is 46.2 Å². The fourth-order valence-corrected chi connectivity index (χ4v) is 2.91. The number of halogens is 1. The van der Waals surface area contributed by atoms with Gasteiger partial charge in [-0.1, -0.05) is 6.07 Å². The van der Waals surface area contributed by atoms with Crippen LogP contribution in [0, 0.1) is 18.7 Å². The second-order valence-corrected chi connectivity index (χ2v) is 6.29. The van der Waals surface area contributed by atoms with Crippen molar-refractivity contribution in [2.24, 2.45) is 5.92 Å². The monoisotopic (exact) mass is 278 g/mol. The van der Waals surface area contributed by atoms with Crippen molar-refractivity contribution < 1.29 is 4.39 Å². The molecule has 2 rings (SSSR count). The Balaban J connectivity index is 2.01. The van der Waals surface area contributed by atoms with Crippen molar-refractivity contribution >= 4 is 0 Å². The third-order valence-corrected chi connectivity index (χ3v) is 4.36. The zero-order valence-corrected chi connectivity index (χ0v) is 13.0.